The van der Waals surface area contributed by atoms with Gasteiger partial charge in [-0.15, -0.1) is 0 Å². The lowest BCUT2D eigenvalue weighted by Gasteiger charge is -2.13. The molecule has 0 amide bonds. The van der Waals surface area contributed by atoms with Crippen molar-refractivity contribution in [2.45, 2.75) is 12.5 Å². The predicted octanol–water partition coefficient (Wildman–Crippen LogP) is 1.76. The summed E-state index contributed by atoms with van der Waals surface area (Å²) in [5.74, 6) is 5.11. The van der Waals surface area contributed by atoms with Crippen molar-refractivity contribution < 1.29 is 9.94 Å². The van der Waals surface area contributed by atoms with Crippen LogP contribution >= 0.6 is 15.9 Å². The predicted molar refractivity (Wildman–Crippen MR) is 53.9 cm³/mol. The van der Waals surface area contributed by atoms with Crippen molar-refractivity contribution in [3.05, 3.63) is 34.3 Å². The van der Waals surface area contributed by atoms with Crippen LogP contribution in [0.5, 0.6) is 0 Å². The van der Waals surface area contributed by atoms with Crippen LogP contribution in [0.1, 0.15) is 18.1 Å². The van der Waals surface area contributed by atoms with E-state index in [2.05, 4.69) is 15.9 Å². The summed E-state index contributed by atoms with van der Waals surface area (Å²) < 4.78 is 1.01. The van der Waals surface area contributed by atoms with Gasteiger partial charge >= 0.3 is 0 Å². The van der Waals surface area contributed by atoms with Gasteiger partial charge in [0.15, 0.2) is 0 Å². The molecule has 0 heterocycles. The molecule has 0 aliphatic heterocycles. The fraction of sp³-hybridized carbons (Fsp3) is 0.333. The number of aliphatic hydroxyl groups is 1. The van der Waals surface area contributed by atoms with Crippen LogP contribution < -0.4 is 5.90 Å². The molecule has 0 saturated carbocycles. The number of hydrogen-bond donors (Lipinski definition) is 2. The molecule has 1 rings (SSSR count). The number of aliphatic hydroxyl groups excluding tert-OH is 1. The largest absolute Gasteiger partial charge is 0.396 e. The zero-order valence-corrected chi connectivity index (χ0v) is 8.70. The van der Waals surface area contributed by atoms with Crippen molar-refractivity contribution in [2.75, 3.05) is 6.61 Å². The smallest absolute Gasteiger partial charge is 0.106 e. The third kappa shape index (κ3) is 3.08. The maximum absolute atomic E-state index is 8.74. The van der Waals surface area contributed by atoms with E-state index in [-0.39, 0.29) is 12.7 Å². The summed E-state index contributed by atoms with van der Waals surface area (Å²) in [6, 6.07) is 7.66. The first-order valence-corrected chi connectivity index (χ1v) is 4.79. The third-order valence-corrected chi connectivity index (χ3v) is 2.33. The van der Waals surface area contributed by atoms with Gasteiger partial charge < -0.3 is 5.11 Å². The maximum Gasteiger partial charge on any atom is 0.106 e. The van der Waals surface area contributed by atoms with Crippen molar-refractivity contribution in [1.29, 1.82) is 0 Å². The van der Waals surface area contributed by atoms with Gasteiger partial charge in [0.2, 0.25) is 0 Å². The molecule has 1 aromatic carbocycles. The van der Waals surface area contributed by atoms with Gasteiger partial charge in [0.25, 0.3) is 0 Å². The van der Waals surface area contributed by atoms with Gasteiger partial charge in [-0.05, 0) is 17.7 Å². The average Bonchev–Trinajstić information content (AvgIpc) is 2.16. The molecular weight excluding hydrogens is 234 g/mol. The Morgan fingerprint density at radius 2 is 2.00 bits per heavy atom. The highest BCUT2D eigenvalue weighted by molar-refractivity contribution is 9.10. The summed E-state index contributed by atoms with van der Waals surface area (Å²) in [6.45, 7) is 0.0674. The number of rotatable bonds is 4. The Bertz CT molecular complexity index is 250. The summed E-state index contributed by atoms with van der Waals surface area (Å²) in [7, 11) is 0. The summed E-state index contributed by atoms with van der Waals surface area (Å²) >= 11 is 3.33. The normalized spacial score (nSPS) is 12.8. The fourth-order valence-electron chi connectivity index (χ4n) is 1.11. The molecule has 1 aromatic rings. The van der Waals surface area contributed by atoms with Crippen molar-refractivity contribution in [3.63, 3.8) is 0 Å². The molecule has 13 heavy (non-hydrogen) atoms. The Morgan fingerprint density at radius 3 is 2.46 bits per heavy atom. The number of benzene rings is 1. The molecular formula is C9H12BrNO2. The van der Waals surface area contributed by atoms with E-state index in [0.29, 0.717) is 6.42 Å². The van der Waals surface area contributed by atoms with E-state index in [1.165, 1.54) is 0 Å². The van der Waals surface area contributed by atoms with Crippen molar-refractivity contribution >= 4 is 15.9 Å². The molecule has 0 bridgehead atoms. The van der Waals surface area contributed by atoms with E-state index in [0.717, 1.165) is 10.0 Å². The van der Waals surface area contributed by atoms with Crippen LogP contribution in [0.25, 0.3) is 0 Å². The van der Waals surface area contributed by atoms with E-state index >= 15 is 0 Å². The SMILES string of the molecule is NOC(CCO)c1ccc(Br)cc1. The summed E-state index contributed by atoms with van der Waals surface area (Å²) in [5.41, 5.74) is 0.972. The molecule has 4 heteroatoms. The van der Waals surface area contributed by atoms with Gasteiger partial charge in [0.05, 0.1) is 0 Å². The zero-order chi connectivity index (χ0) is 9.68. The Hall–Kier alpha value is -0.420. The standard InChI is InChI=1S/C9H12BrNO2/c10-8-3-1-7(2-4-8)9(13-11)5-6-12/h1-4,9,12H,5-6,11H2. The minimum Gasteiger partial charge on any atom is -0.396 e. The highest BCUT2D eigenvalue weighted by Gasteiger charge is 2.09. The highest BCUT2D eigenvalue weighted by Crippen LogP contribution is 2.21. The molecule has 3 nitrogen and oxygen atoms in total. The van der Waals surface area contributed by atoms with E-state index in [1.54, 1.807) is 0 Å². The number of halogens is 1. The maximum atomic E-state index is 8.74. The lowest BCUT2D eigenvalue weighted by molar-refractivity contribution is 0.0342. The van der Waals surface area contributed by atoms with E-state index in [9.17, 15) is 0 Å². The van der Waals surface area contributed by atoms with Gasteiger partial charge in [-0.1, -0.05) is 28.1 Å². The minimum atomic E-state index is -0.224. The Balaban J connectivity index is 2.73. The molecule has 1 atom stereocenters. The van der Waals surface area contributed by atoms with Gasteiger partial charge in [0.1, 0.15) is 6.10 Å². The van der Waals surface area contributed by atoms with E-state index in [4.69, 9.17) is 15.8 Å². The molecule has 0 aromatic heterocycles. The molecule has 0 spiro atoms. The molecule has 0 aliphatic carbocycles. The van der Waals surface area contributed by atoms with Crippen LogP contribution in [0.3, 0.4) is 0 Å². The summed E-state index contributed by atoms with van der Waals surface area (Å²) in [4.78, 5) is 4.74. The number of hydrogen-bond acceptors (Lipinski definition) is 3. The first-order chi connectivity index (χ1) is 6.27. The van der Waals surface area contributed by atoms with Crippen LogP contribution in [0.2, 0.25) is 0 Å². The molecule has 3 N–H and O–H groups in total. The topological polar surface area (TPSA) is 55.5 Å². The third-order valence-electron chi connectivity index (χ3n) is 1.80. The van der Waals surface area contributed by atoms with Crippen LogP contribution in [-0.2, 0) is 4.84 Å². The van der Waals surface area contributed by atoms with Gasteiger partial charge in [-0.3, -0.25) is 4.84 Å². The average molecular weight is 246 g/mol. The first-order valence-electron chi connectivity index (χ1n) is 3.99. The minimum absolute atomic E-state index is 0.0674. The van der Waals surface area contributed by atoms with Crippen molar-refractivity contribution in [3.8, 4) is 0 Å². The second-order valence-corrected chi connectivity index (χ2v) is 3.60. The first kappa shape index (κ1) is 10.7. The Morgan fingerprint density at radius 1 is 1.38 bits per heavy atom. The lowest BCUT2D eigenvalue weighted by Crippen LogP contribution is -2.10. The molecule has 0 radical (unpaired) electrons. The second-order valence-electron chi connectivity index (χ2n) is 2.69. The lowest BCUT2D eigenvalue weighted by atomic mass is 10.1. The molecule has 72 valence electrons. The molecule has 0 fully saturated rings. The molecule has 0 saturated heterocycles. The Labute approximate surface area is 85.6 Å². The highest BCUT2D eigenvalue weighted by atomic mass is 79.9. The number of nitrogens with two attached hydrogens (primary N) is 1. The van der Waals surface area contributed by atoms with E-state index in [1.807, 2.05) is 24.3 Å². The van der Waals surface area contributed by atoms with Gasteiger partial charge in [-0.2, -0.15) is 0 Å². The van der Waals surface area contributed by atoms with Gasteiger partial charge in [-0.25, -0.2) is 5.90 Å². The Kier molecular flexibility index (Phi) is 4.38. The van der Waals surface area contributed by atoms with Gasteiger partial charge in [0, 0.05) is 17.5 Å². The molecule has 1 unspecified atom stereocenters. The quantitative estimate of drug-likeness (QED) is 0.796. The van der Waals surface area contributed by atoms with Crippen molar-refractivity contribution in [1.82, 2.24) is 0 Å². The van der Waals surface area contributed by atoms with Crippen molar-refractivity contribution in [2.24, 2.45) is 5.90 Å². The van der Waals surface area contributed by atoms with E-state index < -0.39 is 0 Å². The summed E-state index contributed by atoms with van der Waals surface area (Å²) in [6.07, 6.45) is 0.288. The molecule has 0 aliphatic rings. The zero-order valence-electron chi connectivity index (χ0n) is 7.11. The second kappa shape index (κ2) is 5.34. The van der Waals surface area contributed by atoms with Crippen LogP contribution in [0, 0.1) is 0 Å². The van der Waals surface area contributed by atoms with Crippen LogP contribution in [0.4, 0.5) is 0 Å². The summed E-state index contributed by atoms with van der Waals surface area (Å²) in [5, 5.41) is 8.74. The van der Waals surface area contributed by atoms with Crippen LogP contribution in [-0.4, -0.2) is 11.7 Å². The van der Waals surface area contributed by atoms with Crippen LogP contribution in [0.15, 0.2) is 28.7 Å². The fourth-order valence-corrected chi connectivity index (χ4v) is 1.37. The monoisotopic (exact) mass is 245 g/mol.